The Hall–Kier alpha value is -3.67. The van der Waals surface area contributed by atoms with Crippen LogP contribution in [0.1, 0.15) is 15.9 Å². The van der Waals surface area contributed by atoms with Crippen molar-refractivity contribution < 1.29 is 14.4 Å². The van der Waals surface area contributed by atoms with Gasteiger partial charge in [0.15, 0.2) is 0 Å². The van der Waals surface area contributed by atoms with Crippen LogP contribution in [0, 0.1) is 0 Å². The van der Waals surface area contributed by atoms with Crippen molar-refractivity contribution in [3.8, 4) is 0 Å². The molecule has 0 bridgehead atoms. The summed E-state index contributed by atoms with van der Waals surface area (Å²) in [5.74, 6) is -1.47. The topological polar surface area (TPSA) is 101 Å². The lowest BCUT2D eigenvalue weighted by Gasteiger charge is -2.17. The van der Waals surface area contributed by atoms with Crippen LogP contribution in [-0.4, -0.2) is 30.3 Å². The Morgan fingerprint density at radius 1 is 0.857 bits per heavy atom. The summed E-state index contributed by atoms with van der Waals surface area (Å²) in [6, 6.07) is 21.3. The summed E-state index contributed by atoms with van der Waals surface area (Å²) in [6.45, 7) is -0.243. The first-order valence-corrected chi connectivity index (χ1v) is 8.93. The second kappa shape index (κ2) is 8.81. The van der Waals surface area contributed by atoms with Gasteiger partial charge in [0, 0.05) is 12.0 Å². The monoisotopic (exact) mass is 375 g/mol. The van der Waals surface area contributed by atoms with E-state index in [-0.39, 0.29) is 18.9 Å². The van der Waals surface area contributed by atoms with Crippen LogP contribution < -0.4 is 16.4 Å². The van der Waals surface area contributed by atoms with Crippen molar-refractivity contribution >= 4 is 28.5 Å². The maximum Gasteiger partial charge on any atom is 0.251 e. The fraction of sp³-hybridized carbons (Fsp3) is 0.136. The number of nitrogens with one attached hydrogen (secondary N) is 2. The molecule has 1 atom stereocenters. The summed E-state index contributed by atoms with van der Waals surface area (Å²) in [7, 11) is 0. The minimum absolute atomic E-state index is 0.243. The first-order valence-electron chi connectivity index (χ1n) is 8.93. The number of primary amides is 1. The molecule has 3 aromatic carbocycles. The predicted molar refractivity (Wildman–Crippen MR) is 108 cm³/mol. The number of hydrogen-bond acceptors (Lipinski definition) is 3. The zero-order chi connectivity index (χ0) is 19.9. The molecule has 0 aromatic heterocycles. The summed E-state index contributed by atoms with van der Waals surface area (Å²) in [5.41, 5.74) is 6.85. The number of rotatable bonds is 7. The average Bonchev–Trinajstić information content (AvgIpc) is 2.72. The van der Waals surface area contributed by atoms with Gasteiger partial charge in [0.25, 0.3) is 5.91 Å². The molecular formula is C22H21N3O3. The lowest BCUT2D eigenvalue weighted by atomic mass is 9.98. The van der Waals surface area contributed by atoms with Crippen LogP contribution in [0.3, 0.4) is 0 Å². The third-order valence-corrected chi connectivity index (χ3v) is 4.43. The van der Waals surface area contributed by atoms with Crippen molar-refractivity contribution in [3.05, 3.63) is 83.9 Å². The second-order valence-corrected chi connectivity index (χ2v) is 6.41. The number of benzene rings is 3. The lowest BCUT2D eigenvalue weighted by molar-refractivity contribution is -0.126. The van der Waals surface area contributed by atoms with E-state index in [1.807, 2.05) is 42.5 Å². The lowest BCUT2D eigenvalue weighted by Crippen LogP contribution is -2.49. The third kappa shape index (κ3) is 4.73. The van der Waals surface area contributed by atoms with Gasteiger partial charge in [0.2, 0.25) is 11.8 Å². The van der Waals surface area contributed by atoms with Crippen LogP contribution in [0.25, 0.3) is 10.8 Å². The van der Waals surface area contributed by atoms with Crippen molar-refractivity contribution in [1.82, 2.24) is 10.6 Å². The Morgan fingerprint density at radius 3 is 2.29 bits per heavy atom. The van der Waals surface area contributed by atoms with Crippen molar-refractivity contribution in [2.75, 3.05) is 6.54 Å². The molecule has 0 aliphatic carbocycles. The first-order chi connectivity index (χ1) is 13.5. The number of carbonyl (C=O) groups is 3. The zero-order valence-corrected chi connectivity index (χ0v) is 15.2. The van der Waals surface area contributed by atoms with Gasteiger partial charge in [-0.15, -0.1) is 0 Å². The normalized spacial score (nSPS) is 11.6. The van der Waals surface area contributed by atoms with E-state index in [1.54, 1.807) is 30.3 Å². The molecular weight excluding hydrogens is 354 g/mol. The molecule has 0 radical (unpaired) electrons. The molecule has 3 aromatic rings. The van der Waals surface area contributed by atoms with Gasteiger partial charge in [0.05, 0.1) is 6.54 Å². The number of carbonyl (C=O) groups excluding carboxylic acids is 3. The molecule has 3 rings (SSSR count). The summed E-state index contributed by atoms with van der Waals surface area (Å²) in [6.07, 6.45) is 0.273. The fourth-order valence-corrected chi connectivity index (χ4v) is 3.01. The largest absolute Gasteiger partial charge is 0.368 e. The Morgan fingerprint density at radius 2 is 1.54 bits per heavy atom. The zero-order valence-electron chi connectivity index (χ0n) is 15.2. The van der Waals surface area contributed by atoms with E-state index in [2.05, 4.69) is 10.6 Å². The van der Waals surface area contributed by atoms with E-state index in [0.717, 1.165) is 16.3 Å². The van der Waals surface area contributed by atoms with Crippen molar-refractivity contribution in [3.63, 3.8) is 0 Å². The number of amides is 3. The second-order valence-electron chi connectivity index (χ2n) is 6.41. The van der Waals surface area contributed by atoms with Gasteiger partial charge in [-0.25, -0.2) is 0 Å². The molecule has 28 heavy (non-hydrogen) atoms. The molecule has 0 spiro atoms. The minimum Gasteiger partial charge on any atom is -0.368 e. The van der Waals surface area contributed by atoms with E-state index in [9.17, 15) is 14.4 Å². The van der Waals surface area contributed by atoms with Crippen molar-refractivity contribution in [2.24, 2.45) is 5.73 Å². The summed E-state index contributed by atoms with van der Waals surface area (Å²) >= 11 is 0. The van der Waals surface area contributed by atoms with E-state index in [0.29, 0.717) is 5.56 Å². The number of hydrogen-bond donors (Lipinski definition) is 3. The van der Waals surface area contributed by atoms with Crippen molar-refractivity contribution in [1.29, 1.82) is 0 Å². The highest BCUT2D eigenvalue weighted by Gasteiger charge is 2.20. The smallest absolute Gasteiger partial charge is 0.251 e. The molecule has 0 aliphatic heterocycles. The van der Waals surface area contributed by atoms with Gasteiger partial charge in [0.1, 0.15) is 6.04 Å². The highest BCUT2D eigenvalue weighted by atomic mass is 16.2. The summed E-state index contributed by atoms with van der Waals surface area (Å²) < 4.78 is 0. The molecule has 4 N–H and O–H groups in total. The molecule has 142 valence electrons. The number of nitrogens with two attached hydrogens (primary N) is 1. The predicted octanol–water partition coefficient (Wildman–Crippen LogP) is 1.78. The van der Waals surface area contributed by atoms with Gasteiger partial charge >= 0.3 is 0 Å². The third-order valence-electron chi connectivity index (χ3n) is 4.43. The molecule has 0 heterocycles. The molecule has 0 fully saturated rings. The van der Waals surface area contributed by atoms with Gasteiger partial charge in [-0.3, -0.25) is 14.4 Å². The van der Waals surface area contributed by atoms with E-state index < -0.39 is 17.9 Å². The molecule has 0 saturated carbocycles. The molecule has 0 saturated heterocycles. The minimum atomic E-state index is -0.869. The highest BCUT2D eigenvalue weighted by Crippen LogP contribution is 2.19. The molecule has 0 aliphatic rings. The van der Waals surface area contributed by atoms with Crippen LogP contribution in [-0.2, 0) is 16.0 Å². The van der Waals surface area contributed by atoms with Crippen molar-refractivity contribution in [2.45, 2.75) is 12.5 Å². The standard InChI is InChI=1S/C22H21N3O3/c23-21(27)19(13-17-11-6-10-15-7-4-5-12-18(15)17)25-20(26)14-24-22(28)16-8-2-1-3-9-16/h1-12,19H,13-14H2,(H2,23,27)(H,24,28)(H,25,26)/t19-/m0/s1. The summed E-state index contributed by atoms with van der Waals surface area (Å²) in [4.78, 5) is 36.1. The van der Waals surface area contributed by atoms with Gasteiger partial charge in [-0.1, -0.05) is 60.7 Å². The quantitative estimate of drug-likeness (QED) is 0.587. The van der Waals surface area contributed by atoms with Gasteiger partial charge in [-0.05, 0) is 28.5 Å². The van der Waals surface area contributed by atoms with Crippen LogP contribution in [0.15, 0.2) is 72.8 Å². The SMILES string of the molecule is NC(=O)[C@H](Cc1cccc2ccccc12)NC(=O)CNC(=O)c1ccccc1. The highest BCUT2D eigenvalue weighted by molar-refractivity contribution is 5.97. The maximum absolute atomic E-state index is 12.2. The van der Waals surface area contributed by atoms with E-state index >= 15 is 0 Å². The van der Waals surface area contributed by atoms with Crippen LogP contribution in [0.2, 0.25) is 0 Å². The van der Waals surface area contributed by atoms with Crippen LogP contribution in [0.5, 0.6) is 0 Å². The maximum atomic E-state index is 12.2. The van der Waals surface area contributed by atoms with E-state index in [4.69, 9.17) is 5.73 Å². The Labute approximate surface area is 162 Å². The van der Waals surface area contributed by atoms with Gasteiger partial charge in [-0.2, -0.15) is 0 Å². The van der Waals surface area contributed by atoms with E-state index in [1.165, 1.54) is 0 Å². The Bertz CT molecular complexity index is 997. The molecule has 0 unspecified atom stereocenters. The average molecular weight is 375 g/mol. The van der Waals surface area contributed by atoms with Crippen LogP contribution >= 0.6 is 0 Å². The van der Waals surface area contributed by atoms with Crippen LogP contribution in [0.4, 0.5) is 0 Å². The Kier molecular flexibility index (Phi) is 6.01. The molecule has 6 heteroatoms. The number of fused-ring (bicyclic) bond motifs is 1. The molecule has 6 nitrogen and oxygen atoms in total. The first kappa shape index (κ1) is 19.1. The molecule has 3 amide bonds. The Balaban J connectivity index is 1.63. The fourth-order valence-electron chi connectivity index (χ4n) is 3.01. The summed E-state index contributed by atoms with van der Waals surface area (Å²) in [5, 5.41) is 7.19. The van der Waals surface area contributed by atoms with Gasteiger partial charge < -0.3 is 16.4 Å².